The maximum atomic E-state index is 3.68. The Morgan fingerprint density at radius 3 is 2.78 bits per heavy atom. The van der Waals surface area contributed by atoms with Gasteiger partial charge in [-0.25, -0.2) is 0 Å². The van der Waals surface area contributed by atoms with Gasteiger partial charge in [-0.05, 0) is 6.42 Å². The molecule has 0 aliphatic rings. The minimum Gasteiger partial charge on any atom is -0.427 e. The Bertz CT molecular complexity index is 154. The third-order valence-electron chi connectivity index (χ3n) is 0.841. The van der Waals surface area contributed by atoms with Crippen molar-refractivity contribution in [1.29, 1.82) is 0 Å². The summed E-state index contributed by atoms with van der Waals surface area (Å²) in [5.74, 6) is 0. The van der Waals surface area contributed by atoms with Gasteiger partial charge < -0.3 is 6.07 Å². The molecule has 1 aromatic heterocycles. The van der Waals surface area contributed by atoms with E-state index in [1.54, 1.807) is 0 Å². The van der Waals surface area contributed by atoms with Crippen molar-refractivity contribution in [3.8, 4) is 0 Å². The molecule has 0 atom stereocenters. The monoisotopic (exact) mass is 159 g/mol. The number of aromatic nitrogens is 3. The van der Waals surface area contributed by atoms with Crippen LogP contribution in [-0.4, -0.2) is 15.4 Å². The normalized spacial score (nSPS) is 8.11. The van der Waals surface area contributed by atoms with Gasteiger partial charge in [-0.1, -0.05) is 12.1 Å². The summed E-state index contributed by atoms with van der Waals surface area (Å²) in [6.07, 6.45) is 2.39. The smallest absolute Gasteiger partial charge is 0 e. The summed E-state index contributed by atoms with van der Waals surface area (Å²) in [5.41, 5.74) is 0.861. The van der Waals surface area contributed by atoms with Crippen LogP contribution < -0.4 is 0 Å². The van der Waals surface area contributed by atoms with E-state index in [1.165, 1.54) is 6.20 Å². The molecule has 1 aromatic rings. The molecule has 0 fully saturated rings. The Morgan fingerprint density at radius 1 is 1.67 bits per heavy atom. The SMILES string of the molecule is CCc1[c-]cnnn1.[V]. The van der Waals surface area contributed by atoms with Crippen molar-refractivity contribution in [1.82, 2.24) is 15.4 Å². The molecule has 4 heteroatoms. The fourth-order valence-electron chi connectivity index (χ4n) is 0.411. The number of nitrogens with zero attached hydrogens (tertiary/aromatic N) is 3. The number of aryl methyl sites for hydroxylation is 1. The molecule has 1 heterocycles. The Hall–Kier alpha value is -0.406. The molecule has 1 rings (SSSR count). The average Bonchev–Trinajstić information content (AvgIpc) is 1.90. The maximum absolute atomic E-state index is 3.68. The molecule has 0 aliphatic carbocycles. The van der Waals surface area contributed by atoms with Crippen LogP contribution in [0.5, 0.6) is 0 Å². The van der Waals surface area contributed by atoms with Crippen LogP contribution in [0.25, 0.3) is 0 Å². The third kappa shape index (κ3) is 2.58. The Labute approximate surface area is 65.8 Å². The molecular formula is C5H6N3V-. The average molecular weight is 159 g/mol. The van der Waals surface area contributed by atoms with E-state index in [4.69, 9.17) is 0 Å². The number of hydrogen-bond donors (Lipinski definition) is 0. The Balaban J connectivity index is 0.000000640. The van der Waals surface area contributed by atoms with Crippen LogP contribution >= 0.6 is 0 Å². The molecule has 0 unspecified atom stereocenters. The van der Waals surface area contributed by atoms with Gasteiger partial charge in [0.15, 0.2) is 0 Å². The molecule has 3 nitrogen and oxygen atoms in total. The largest absolute Gasteiger partial charge is 0.427 e. The topological polar surface area (TPSA) is 38.7 Å². The van der Waals surface area contributed by atoms with Crippen LogP contribution in [0.2, 0.25) is 0 Å². The summed E-state index contributed by atoms with van der Waals surface area (Å²) < 4.78 is 0. The van der Waals surface area contributed by atoms with E-state index in [-0.39, 0.29) is 18.6 Å². The van der Waals surface area contributed by atoms with Crippen LogP contribution in [0.1, 0.15) is 12.6 Å². The molecule has 47 valence electrons. The van der Waals surface area contributed by atoms with Crippen molar-refractivity contribution in [3.63, 3.8) is 0 Å². The van der Waals surface area contributed by atoms with Crippen LogP contribution in [0.15, 0.2) is 6.20 Å². The van der Waals surface area contributed by atoms with Gasteiger partial charge in [0.1, 0.15) is 0 Å². The first kappa shape index (κ1) is 8.59. The molecule has 0 aromatic carbocycles. The van der Waals surface area contributed by atoms with Gasteiger partial charge in [0, 0.05) is 18.6 Å². The standard InChI is InChI=1S/C5H6N3.V/c1-2-5-3-4-6-8-7-5;/h4H,2H2,1H3;/q-1;. The van der Waals surface area contributed by atoms with E-state index in [2.05, 4.69) is 21.5 Å². The van der Waals surface area contributed by atoms with Crippen molar-refractivity contribution < 1.29 is 18.6 Å². The Morgan fingerprint density at radius 2 is 2.44 bits per heavy atom. The minimum absolute atomic E-state index is 0. The second-order valence-electron chi connectivity index (χ2n) is 1.38. The van der Waals surface area contributed by atoms with Gasteiger partial charge in [-0.2, -0.15) is 10.2 Å². The maximum Gasteiger partial charge on any atom is 0 e. The fraction of sp³-hybridized carbons (Fsp3) is 0.400. The first-order chi connectivity index (χ1) is 3.93. The Kier molecular flexibility index (Phi) is 4.27. The van der Waals surface area contributed by atoms with Gasteiger partial charge in [-0.3, -0.25) is 0 Å². The zero-order valence-corrected chi connectivity index (χ0v) is 6.47. The van der Waals surface area contributed by atoms with Crippen molar-refractivity contribution >= 4 is 0 Å². The molecule has 0 saturated carbocycles. The molecule has 0 amide bonds. The molecular weight excluding hydrogens is 153 g/mol. The van der Waals surface area contributed by atoms with Gasteiger partial charge in [0.2, 0.25) is 0 Å². The second kappa shape index (κ2) is 4.47. The zero-order valence-electron chi connectivity index (χ0n) is 5.07. The molecule has 0 saturated heterocycles. The van der Waals surface area contributed by atoms with Gasteiger partial charge in [0.25, 0.3) is 0 Å². The summed E-state index contributed by atoms with van der Waals surface area (Å²) in [6.45, 7) is 2.00. The van der Waals surface area contributed by atoms with Gasteiger partial charge >= 0.3 is 0 Å². The van der Waals surface area contributed by atoms with E-state index in [1.807, 2.05) is 6.92 Å². The van der Waals surface area contributed by atoms with E-state index in [0.29, 0.717) is 0 Å². The fourth-order valence-corrected chi connectivity index (χ4v) is 0.411. The van der Waals surface area contributed by atoms with Crippen LogP contribution in [-0.2, 0) is 25.0 Å². The van der Waals surface area contributed by atoms with Gasteiger partial charge in [0.05, 0.1) is 0 Å². The van der Waals surface area contributed by atoms with E-state index < -0.39 is 0 Å². The van der Waals surface area contributed by atoms with Crippen LogP contribution in [0.4, 0.5) is 0 Å². The number of hydrogen-bond acceptors (Lipinski definition) is 3. The quantitative estimate of drug-likeness (QED) is 0.550. The van der Waals surface area contributed by atoms with Crippen molar-refractivity contribution in [3.05, 3.63) is 18.0 Å². The minimum atomic E-state index is 0. The predicted octanol–water partition coefficient (Wildman–Crippen LogP) is 0.232. The van der Waals surface area contributed by atoms with Gasteiger partial charge in [-0.15, -0.1) is 11.9 Å². The number of rotatable bonds is 1. The molecule has 0 N–H and O–H groups in total. The van der Waals surface area contributed by atoms with Crippen LogP contribution in [0.3, 0.4) is 0 Å². The molecule has 0 aliphatic heterocycles. The summed E-state index contributed by atoms with van der Waals surface area (Å²) in [6, 6.07) is 2.83. The molecule has 0 spiro atoms. The first-order valence-corrected chi connectivity index (χ1v) is 2.48. The predicted molar refractivity (Wildman–Crippen MR) is 28.0 cm³/mol. The van der Waals surface area contributed by atoms with Crippen molar-refractivity contribution in [2.45, 2.75) is 13.3 Å². The second-order valence-corrected chi connectivity index (χ2v) is 1.38. The third-order valence-corrected chi connectivity index (χ3v) is 0.841. The van der Waals surface area contributed by atoms with E-state index in [9.17, 15) is 0 Å². The van der Waals surface area contributed by atoms with Crippen molar-refractivity contribution in [2.75, 3.05) is 0 Å². The first-order valence-electron chi connectivity index (χ1n) is 2.48. The summed E-state index contributed by atoms with van der Waals surface area (Å²) in [7, 11) is 0. The van der Waals surface area contributed by atoms with Crippen molar-refractivity contribution in [2.24, 2.45) is 0 Å². The summed E-state index contributed by atoms with van der Waals surface area (Å²) >= 11 is 0. The summed E-state index contributed by atoms with van der Waals surface area (Å²) in [4.78, 5) is 0. The zero-order chi connectivity index (χ0) is 5.82. The molecule has 1 radical (unpaired) electrons. The van der Waals surface area contributed by atoms with E-state index >= 15 is 0 Å². The van der Waals surface area contributed by atoms with E-state index in [0.717, 1.165) is 12.1 Å². The molecule has 9 heavy (non-hydrogen) atoms. The summed E-state index contributed by atoms with van der Waals surface area (Å²) in [5, 5.41) is 10.6. The molecule has 0 bridgehead atoms. The van der Waals surface area contributed by atoms with Crippen LogP contribution in [0, 0.1) is 6.07 Å².